The van der Waals surface area contributed by atoms with Gasteiger partial charge in [-0.05, 0) is 75.4 Å². The number of aromatic nitrogens is 1. The maximum atomic E-state index is 13.9. The van der Waals surface area contributed by atoms with Crippen LogP contribution in [0.15, 0.2) is 109 Å². The quantitative estimate of drug-likeness (QED) is 0.141. The molecule has 3 aromatic carbocycles. The number of nitrogens with one attached hydrogen (secondary N) is 2. The van der Waals surface area contributed by atoms with Gasteiger partial charge in [0.25, 0.3) is 5.91 Å². The lowest BCUT2D eigenvalue weighted by Crippen LogP contribution is -2.49. The Morgan fingerprint density at radius 2 is 1.40 bits per heavy atom. The zero-order valence-electron chi connectivity index (χ0n) is 26.9. The molecule has 0 fully saturated rings. The van der Waals surface area contributed by atoms with E-state index in [4.69, 9.17) is 4.74 Å². The van der Waals surface area contributed by atoms with Gasteiger partial charge in [-0.1, -0.05) is 78.9 Å². The van der Waals surface area contributed by atoms with Crippen molar-refractivity contribution in [2.75, 3.05) is 4.90 Å². The zero-order chi connectivity index (χ0) is 33.8. The van der Waals surface area contributed by atoms with Crippen molar-refractivity contribution in [3.05, 3.63) is 132 Å². The number of para-hydroxylation sites is 1. The first kappa shape index (κ1) is 34.6. The van der Waals surface area contributed by atoms with Gasteiger partial charge in [-0.15, -0.1) is 0 Å². The number of anilines is 1. The average Bonchev–Trinajstić information content (AvgIpc) is 3.03. The van der Waals surface area contributed by atoms with E-state index in [1.54, 1.807) is 69.4 Å². The van der Waals surface area contributed by atoms with Gasteiger partial charge < -0.3 is 25.6 Å². The topological polar surface area (TPSA) is 141 Å². The summed E-state index contributed by atoms with van der Waals surface area (Å²) < 4.78 is 5.49. The van der Waals surface area contributed by atoms with Crippen LogP contribution in [0.4, 0.5) is 15.3 Å². The summed E-state index contributed by atoms with van der Waals surface area (Å²) in [5.74, 6) is -0.499. The van der Waals surface area contributed by atoms with Crippen LogP contribution in [0.5, 0.6) is 0 Å². The molecule has 1 aromatic heterocycles. The van der Waals surface area contributed by atoms with E-state index in [2.05, 4.69) is 15.6 Å². The Labute approximate surface area is 275 Å². The monoisotopic (exact) mass is 638 g/mol. The average molecular weight is 639 g/mol. The van der Waals surface area contributed by atoms with Crippen LogP contribution >= 0.6 is 0 Å². The van der Waals surface area contributed by atoms with Crippen LogP contribution in [0.2, 0.25) is 0 Å². The SMILES string of the molecule is CC(C)(C)OC(=O)N[C@@H](Cc1ccccc1)[C@@H](O)C[C@H](Cc1ccccc1)NC(=O)c1ccccc1N(Cc1ccccn1)C(=O)O. The van der Waals surface area contributed by atoms with E-state index in [0.717, 1.165) is 16.0 Å². The van der Waals surface area contributed by atoms with Gasteiger partial charge in [-0.3, -0.25) is 14.7 Å². The summed E-state index contributed by atoms with van der Waals surface area (Å²) in [5.41, 5.74) is 2.00. The van der Waals surface area contributed by atoms with E-state index < -0.39 is 41.9 Å². The maximum Gasteiger partial charge on any atom is 0.412 e. The van der Waals surface area contributed by atoms with E-state index in [-0.39, 0.29) is 24.2 Å². The smallest absolute Gasteiger partial charge is 0.412 e. The second-order valence-electron chi connectivity index (χ2n) is 12.3. The number of pyridine rings is 1. The third kappa shape index (κ3) is 11.0. The van der Waals surface area contributed by atoms with Crippen molar-refractivity contribution < 1.29 is 29.3 Å². The third-order valence-electron chi connectivity index (χ3n) is 7.37. The molecule has 3 atom stereocenters. The summed E-state index contributed by atoms with van der Waals surface area (Å²) in [6.07, 6.45) is -0.583. The highest BCUT2D eigenvalue weighted by Crippen LogP contribution is 2.24. The van der Waals surface area contributed by atoms with Gasteiger partial charge in [0, 0.05) is 12.2 Å². The van der Waals surface area contributed by atoms with Crippen molar-refractivity contribution in [1.82, 2.24) is 15.6 Å². The molecule has 0 bridgehead atoms. The molecule has 0 unspecified atom stereocenters. The number of carboxylic acid groups (broad SMARTS) is 1. The number of carbonyl (C=O) groups excluding carboxylic acids is 2. The third-order valence-corrected chi connectivity index (χ3v) is 7.37. The largest absolute Gasteiger partial charge is 0.465 e. The molecule has 47 heavy (non-hydrogen) atoms. The number of hydrogen-bond donors (Lipinski definition) is 4. The van der Waals surface area contributed by atoms with E-state index in [0.29, 0.717) is 18.5 Å². The number of hydrogen-bond acceptors (Lipinski definition) is 6. The Kier molecular flexibility index (Phi) is 12.1. The van der Waals surface area contributed by atoms with Crippen LogP contribution < -0.4 is 15.5 Å². The summed E-state index contributed by atoms with van der Waals surface area (Å²) in [7, 11) is 0. The number of rotatable bonds is 13. The molecule has 4 rings (SSSR count). The predicted octanol–water partition coefficient (Wildman–Crippen LogP) is 5.99. The number of amides is 3. The van der Waals surface area contributed by atoms with Crippen LogP contribution in [-0.4, -0.2) is 57.1 Å². The zero-order valence-corrected chi connectivity index (χ0v) is 26.9. The number of aliphatic hydroxyl groups excluding tert-OH is 1. The standard InChI is InChI=1S/C37H42N4O6/c1-37(2,3)47-35(44)40-31(23-27-16-8-5-9-17-27)33(42)24-29(22-26-14-6-4-7-15-26)39-34(43)30-19-10-11-20-32(30)41(36(45)46)25-28-18-12-13-21-38-28/h4-21,29,31,33,42H,22-25H2,1-3H3,(H,39,43)(H,40,44)(H,45,46)/t29-,31-,33-/m0/s1. The van der Waals surface area contributed by atoms with Crippen molar-refractivity contribution in [1.29, 1.82) is 0 Å². The van der Waals surface area contributed by atoms with Crippen LogP contribution in [0.25, 0.3) is 0 Å². The molecule has 0 saturated carbocycles. The van der Waals surface area contributed by atoms with E-state index in [1.165, 1.54) is 0 Å². The Balaban J connectivity index is 1.60. The van der Waals surface area contributed by atoms with Crippen molar-refractivity contribution >= 4 is 23.8 Å². The van der Waals surface area contributed by atoms with Crippen LogP contribution in [0.3, 0.4) is 0 Å². The van der Waals surface area contributed by atoms with Gasteiger partial charge in [0.2, 0.25) is 0 Å². The lowest BCUT2D eigenvalue weighted by Gasteiger charge is -2.30. The number of alkyl carbamates (subject to hydrolysis) is 1. The molecule has 4 aromatic rings. The summed E-state index contributed by atoms with van der Waals surface area (Å²) in [6, 6.07) is 29.4. The Bertz CT molecular complexity index is 1600. The normalized spacial score (nSPS) is 13.1. The number of nitrogens with zero attached hydrogens (tertiary/aromatic N) is 2. The molecule has 0 saturated heterocycles. The van der Waals surface area contributed by atoms with Crippen molar-refractivity contribution in [3.8, 4) is 0 Å². The van der Waals surface area contributed by atoms with E-state index in [9.17, 15) is 24.6 Å². The molecular formula is C37H42N4O6. The Hall–Kier alpha value is -5.22. The first-order chi connectivity index (χ1) is 22.5. The molecule has 10 heteroatoms. The lowest BCUT2D eigenvalue weighted by molar-refractivity contribution is 0.0398. The Morgan fingerprint density at radius 1 is 0.809 bits per heavy atom. The lowest BCUT2D eigenvalue weighted by atomic mass is 9.93. The molecule has 10 nitrogen and oxygen atoms in total. The maximum absolute atomic E-state index is 13.9. The fourth-order valence-corrected chi connectivity index (χ4v) is 5.23. The van der Waals surface area contributed by atoms with Gasteiger partial charge in [-0.25, -0.2) is 9.59 Å². The molecule has 3 amide bonds. The van der Waals surface area contributed by atoms with Crippen molar-refractivity contribution in [2.24, 2.45) is 0 Å². The van der Waals surface area contributed by atoms with Gasteiger partial charge in [0.1, 0.15) is 5.60 Å². The highest BCUT2D eigenvalue weighted by atomic mass is 16.6. The van der Waals surface area contributed by atoms with E-state index >= 15 is 0 Å². The first-order valence-electron chi connectivity index (χ1n) is 15.5. The molecule has 0 radical (unpaired) electrons. The molecule has 4 N–H and O–H groups in total. The number of benzene rings is 3. The van der Waals surface area contributed by atoms with Gasteiger partial charge in [0.05, 0.1) is 35.6 Å². The molecular weight excluding hydrogens is 596 g/mol. The van der Waals surface area contributed by atoms with Gasteiger partial charge in [-0.2, -0.15) is 0 Å². The minimum absolute atomic E-state index is 0.0515. The molecule has 246 valence electrons. The fourth-order valence-electron chi connectivity index (χ4n) is 5.23. The molecule has 0 spiro atoms. The van der Waals surface area contributed by atoms with Crippen molar-refractivity contribution in [3.63, 3.8) is 0 Å². The molecule has 1 heterocycles. The second kappa shape index (κ2) is 16.4. The second-order valence-corrected chi connectivity index (χ2v) is 12.3. The number of ether oxygens (including phenoxy) is 1. The van der Waals surface area contributed by atoms with Gasteiger partial charge in [0.15, 0.2) is 0 Å². The summed E-state index contributed by atoms with van der Waals surface area (Å²) >= 11 is 0. The van der Waals surface area contributed by atoms with Crippen molar-refractivity contribution in [2.45, 2.75) is 70.4 Å². The summed E-state index contributed by atoms with van der Waals surface area (Å²) in [4.78, 5) is 44.4. The minimum Gasteiger partial charge on any atom is -0.465 e. The van der Waals surface area contributed by atoms with Crippen LogP contribution in [0, 0.1) is 0 Å². The number of aliphatic hydroxyl groups is 1. The summed E-state index contributed by atoms with van der Waals surface area (Å²) in [6.45, 7) is 5.24. The predicted molar refractivity (Wildman–Crippen MR) is 180 cm³/mol. The molecule has 0 aliphatic heterocycles. The number of carbonyl (C=O) groups is 3. The van der Waals surface area contributed by atoms with Gasteiger partial charge >= 0.3 is 12.2 Å². The molecule has 0 aliphatic carbocycles. The highest BCUT2D eigenvalue weighted by molar-refractivity contribution is 6.03. The van der Waals surface area contributed by atoms with E-state index in [1.807, 2.05) is 60.7 Å². The van der Waals surface area contributed by atoms with Crippen LogP contribution in [-0.2, 0) is 24.1 Å². The molecule has 0 aliphatic rings. The van der Waals surface area contributed by atoms with Crippen LogP contribution in [0.1, 0.15) is 54.4 Å². The Morgan fingerprint density at radius 3 is 2.00 bits per heavy atom. The minimum atomic E-state index is -1.23. The first-order valence-corrected chi connectivity index (χ1v) is 15.5. The summed E-state index contributed by atoms with van der Waals surface area (Å²) in [5, 5.41) is 27.6. The fraction of sp³-hybridized carbons (Fsp3) is 0.297. The highest BCUT2D eigenvalue weighted by Gasteiger charge is 2.29.